The van der Waals surface area contributed by atoms with Crippen LogP contribution in [0.15, 0.2) is 0 Å². The molecule has 0 fully saturated rings. The second-order valence-electron chi connectivity index (χ2n) is 3.84. The van der Waals surface area contributed by atoms with Crippen molar-refractivity contribution < 1.29 is 4.79 Å². The van der Waals surface area contributed by atoms with E-state index >= 15 is 0 Å². The van der Waals surface area contributed by atoms with Crippen molar-refractivity contribution in [3.05, 3.63) is 0 Å². The van der Waals surface area contributed by atoms with Gasteiger partial charge < -0.3 is 21.3 Å². The van der Waals surface area contributed by atoms with E-state index in [0.29, 0.717) is 13.0 Å². The van der Waals surface area contributed by atoms with E-state index in [2.05, 4.69) is 9.80 Å². The van der Waals surface area contributed by atoms with Gasteiger partial charge >= 0.3 is 0 Å². The van der Waals surface area contributed by atoms with Crippen LogP contribution in [0.25, 0.3) is 0 Å². The third-order valence-corrected chi connectivity index (χ3v) is 2.23. The van der Waals surface area contributed by atoms with Crippen LogP contribution in [0.2, 0.25) is 0 Å². The number of hydrogen-bond donors (Lipinski definition) is 2. The Hall–Kier alpha value is -0.650. The van der Waals surface area contributed by atoms with Gasteiger partial charge in [-0.05, 0) is 21.1 Å². The first-order valence-corrected chi connectivity index (χ1v) is 4.80. The molecule has 0 bridgehead atoms. The lowest BCUT2D eigenvalue weighted by Crippen LogP contribution is -2.43. The predicted octanol–water partition coefficient (Wildman–Crippen LogP) is -1.32. The maximum Gasteiger partial charge on any atom is 0.219 e. The number of hydrogen-bond acceptors (Lipinski definition) is 4. The van der Waals surface area contributed by atoms with Gasteiger partial charge in [0.25, 0.3) is 0 Å². The van der Waals surface area contributed by atoms with Gasteiger partial charge in [-0.3, -0.25) is 4.79 Å². The van der Waals surface area contributed by atoms with Crippen molar-refractivity contribution in [2.24, 2.45) is 11.5 Å². The topological polar surface area (TPSA) is 75.6 Å². The van der Waals surface area contributed by atoms with Crippen LogP contribution in [0.4, 0.5) is 0 Å². The molecular formula is C9H22N4O. The molecule has 1 amide bonds. The molecule has 14 heavy (non-hydrogen) atoms. The highest BCUT2D eigenvalue weighted by Crippen LogP contribution is 1.99. The summed E-state index contributed by atoms with van der Waals surface area (Å²) in [5.74, 6) is -0.294. The van der Waals surface area contributed by atoms with Crippen LogP contribution in [0.1, 0.15) is 6.42 Å². The summed E-state index contributed by atoms with van der Waals surface area (Å²) in [5, 5.41) is 0. The number of nitrogens with two attached hydrogens (primary N) is 2. The van der Waals surface area contributed by atoms with E-state index in [4.69, 9.17) is 11.5 Å². The first-order chi connectivity index (χ1) is 6.47. The average molecular weight is 202 g/mol. The number of likely N-dealkylation sites (N-methyl/N-ethyl adjacent to an activating group) is 2. The van der Waals surface area contributed by atoms with Crippen molar-refractivity contribution >= 4 is 5.91 Å². The van der Waals surface area contributed by atoms with Gasteiger partial charge in [-0.2, -0.15) is 0 Å². The molecule has 84 valence electrons. The van der Waals surface area contributed by atoms with Crippen molar-refractivity contribution in [2.45, 2.75) is 12.5 Å². The van der Waals surface area contributed by atoms with E-state index in [9.17, 15) is 4.79 Å². The molecule has 0 aromatic carbocycles. The number of primary amides is 1. The largest absolute Gasteiger partial charge is 0.370 e. The number of carbonyl (C=O) groups is 1. The van der Waals surface area contributed by atoms with Crippen LogP contribution in [0.5, 0.6) is 0 Å². The first kappa shape index (κ1) is 13.4. The molecule has 0 saturated heterocycles. The minimum absolute atomic E-state index is 0.0625. The zero-order chi connectivity index (χ0) is 11.1. The van der Waals surface area contributed by atoms with E-state index in [-0.39, 0.29) is 11.9 Å². The van der Waals surface area contributed by atoms with Gasteiger partial charge in [0.2, 0.25) is 5.91 Å². The molecule has 0 rings (SSSR count). The van der Waals surface area contributed by atoms with E-state index in [0.717, 1.165) is 13.1 Å². The van der Waals surface area contributed by atoms with Gasteiger partial charge in [-0.15, -0.1) is 0 Å². The van der Waals surface area contributed by atoms with Crippen LogP contribution >= 0.6 is 0 Å². The maximum absolute atomic E-state index is 10.7. The summed E-state index contributed by atoms with van der Waals surface area (Å²) in [5.41, 5.74) is 10.7. The third kappa shape index (κ3) is 5.90. The van der Waals surface area contributed by atoms with Crippen molar-refractivity contribution in [3.63, 3.8) is 0 Å². The summed E-state index contributed by atoms with van der Waals surface area (Å²) in [6.45, 7) is 2.31. The molecule has 0 aromatic rings. The molecule has 1 unspecified atom stereocenters. The van der Waals surface area contributed by atoms with Gasteiger partial charge in [-0.25, -0.2) is 0 Å². The fourth-order valence-electron chi connectivity index (χ4n) is 1.19. The average Bonchev–Trinajstić information content (AvgIpc) is 2.09. The molecule has 0 aliphatic heterocycles. The van der Waals surface area contributed by atoms with Crippen LogP contribution in [-0.2, 0) is 4.79 Å². The smallest absolute Gasteiger partial charge is 0.219 e. The van der Waals surface area contributed by atoms with Crippen molar-refractivity contribution in [1.82, 2.24) is 9.80 Å². The highest BCUT2D eigenvalue weighted by atomic mass is 16.1. The predicted molar refractivity (Wildman–Crippen MR) is 57.8 cm³/mol. The summed E-state index contributed by atoms with van der Waals surface area (Å²) >= 11 is 0. The van der Waals surface area contributed by atoms with Crippen molar-refractivity contribution in [2.75, 3.05) is 40.8 Å². The third-order valence-electron chi connectivity index (χ3n) is 2.23. The zero-order valence-corrected chi connectivity index (χ0v) is 9.36. The lowest BCUT2D eigenvalue weighted by atomic mass is 10.2. The highest BCUT2D eigenvalue weighted by molar-refractivity contribution is 5.74. The molecule has 4 N–H and O–H groups in total. The molecule has 5 heteroatoms. The normalized spacial score (nSPS) is 13.6. The lowest BCUT2D eigenvalue weighted by Gasteiger charge is -2.27. The van der Waals surface area contributed by atoms with Gasteiger partial charge in [-0.1, -0.05) is 0 Å². The molecule has 1 atom stereocenters. The summed E-state index contributed by atoms with van der Waals surface area (Å²) in [4.78, 5) is 14.9. The van der Waals surface area contributed by atoms with E-state index in [1.807, 2.05) is 21.1 Å². The Labute approximate surface area is 86.0 Å². The summed E-state index contributed by atoms with van der Waals surface area (Å²) in [6.07, 6.45) is 0.334. The Balaban J connectivity index is 3.90. The van der Waals surface area contributed by atoms with Gasteiger partial charge in [0.05, 0.1) is 0 Å². The summed E-state index contributed by atoms with van der Waals surface area (Å²) < 4.78 is 0. The standard InChI is InChI=1S/C9H22N4O/c1-12(2)4-5-13(3)8(7-10)6-9(11)14/h8H,4-7,10H2,1-3H3,(H2,11,14). The molecule has 0 saturated carbocycles. The molecular weight excluding hydrogens is 180 g/mol. The van der Waals surface area contributed by atoms with E-state index in [1.54, 1.807) is 0 Å². The van der Waals surface area contributed by atoms with E-state index < -0.39 is 0 Å². The maximum atomic E-state index is 10.7. The van der Waals surface area contributed by atoms with E-state index in [1.165, 1.54) is 0 Å². The monoisotopic (exact) mass is 202 g/mol. The molecule has 0 aliphatic carbocycles. The minimum atomic E-state index is -0.294. The zero-order valence-electron chi connectivity index (χ0n) is 9.36. The van der Waals surface area contributed by atoms with Crippen LogP contribution in [-0.4, -0.2) is 62.5 Å². The molecule has 0 aliphatic rings. The second kappa shape index (κ2) is 6.75. The Morgan fingerprint density at radius 1 is 1.29 bits per heavy atom. The van der Waals surface area contributed by atoms with Crippen molar-refractivity contribution in [3.8, 4) is 0 Å². The molecule has 0 aromatic heterocycles. The van der Waals surface area contributed by atoms with Gasteiger partial charge in [0, 0.05) is 32.1 Å². The number of rotatable bonds is 7. The van der Waals surface area contributed by atoms with Crippen LogP contribution < -0.4 is 11.5 Å². The number of carbonyl (C=O) groups excluding carboxylic acids is 1. The summed E-state index contributed by atoms with van der Waals surface area (Å²) in [6, 6.07) is 0.0625. The second-order valence-corrected chi connectivity index (χ2v) is 3.84. The quantitative estimate of drug-likeness (QED) is 0.537. The Morgan fingerprint density at radius 2 is 1.86 bits per heavy atom. The molecule has 5 nitrogen and oxygen atoms in total. The Kier molecular flexibility index (Phi) is 6.44. The lowest BCUT2D eigenvalue weighted by molar-refractivity contribution is -0.119. The molecule has 0 heterocycles. The Bertz CT molecular complexity index is 172. The first-order valence-electron chi connectivity index (χ1n) is 4.80. The minimum Gasteiger partial charge on any atom is -0.370 e. The van der Waals surface area contributed by atoms with Gasteiger partial charge in [0.1, 0.15) is 0 Å². The highest BCUT2D eigenvalue weighted by Gasteiger charge is 2.15. The van der Waals surface area contributed by atoms with Gasteiger partial charge in [0.15, 0.2) is 0 Å². The Morgan fingerprint density at radius 3 is 2.21 bits per heavy atom. The fraction of sp³-hybridized carbons (Fsp3) is 0.889. The SMILES string of the molecule is CN(C)CCN(C)C(CN)CC(N)=O. The molecule has 0 spiro atoms. The van der Waals surface area contributed by atoms with Crippen LogP contribution in [0.3, 0.4) is 0 Å². The number of amides is 1. The van der Waals surface area contributed by atoms with Crippen molar-refractivity contribution in [1.29, 1.82) is 0 Å². The number of nitrogens with zero attached hydrogens (tertiary/aromatic N) is 2. The van der Waals surface area contributed by atoms with Crippen LogP contribution in [0, 0.1) is 0 Å². The fourth-order valence-corrected chi connectivity index (χ4v) is 1.19. The molecule has 0 radical (unpaired) electrons. The summed E-state index contributed by atoms with van der Waals surface area (Å²) in [7, 11) is 5.99.